The second-order valence-corrected chi connectivity index (χ2v) is 13.0. The van der Waals surface area contributed by atoms with Crippen LogP contribution in [0.25, 0.3) is 0 Å². The lowest BCUT2D eigenvalue weighted by Crippen LogP contribution is -2.49. The van der Waals surface area contributed by atoms with Crippen molar-refractivity contribution in [3.63, 3.8) is 0 Å². The third-order valence-electron chi connectivity index (χ3n) is 7.80. The van der Waals surface area contributed by atoms with Gasteiger partial charge in [0.1, 0.15) is 30.1 Å². The molecule has 2 heterocycles. The molecule has 1 spiro atoms. The number of hydrogen-bond acceptors (Lipinski definition) is 7. The van der Waals surface area contributed by atoms with Gasteiger partial charge in [-0.3, -0.25) is 19.2 Å². The number of anilines is 1. The van der Waals surface area contributed by atoms with Gasteiger partial charge in [-0.25, -0.2) is 8.78 Å². The van der Waals surface area contributed by atoms with Crippen LogP contribution in [0.4, 0.5) is 14.5 Å². The molecule has 2 aromatic carbocycles. The number of nitrogens with one attached hydrogen (secondary N) is 3. The van der Waals surface area contributed by atoms with Gasteiger partial charge in [-0.05, 0) is 53.6 Å². The van der Waals surface area contributed by atoms with E-state index in [1.807, 2.05) is 20.8 Å². The number of carbonyl (C=O) groups is 4. The first-order chi connectivity index (χ1) is 20.5. The standard InChI is InChI=1S/C30H33Cl2F2N3O7/c1-29(2,3)12-22-30(16-9-20(34)18(32)10-21(16)36-28(30)43)25(14-4-5-19(33)17(31)8-14)26(37-22)27(42)35-7-6-15(38)13-44-24(41)11-23(39)40/h4-5,8-10,15,22,25-26,37-38H,6-7,11-13H2,1-3H3,(H,35,42)(H,36,43)(H,39,40)/t15-,22+,25-,26+,30-/m0/s1. The summed E-state index contributed by atoms with van der Waals surface area (Å²) < 4.78 is 34.0. The van der Waals surface area contributed by atoms with E-state index in [9.17, 15) is 33.1 Å². The Morgan fingerprint density at radius 3 is 2.43 bits per heavy atom. The number of benzene rings is 2. The molecule has 10 nitrogen and oxygen atoms in total. The molecule has 4 rings (SSSR count). The van der Waals surface area contributed by atoms with Gasteiger partial charge in [0.2, 0.25) is 11.8 Å². The second-order valence-electron chi connectivity index (χ2n) is 12.2. The summed E-state index contributed by atoms with van der Waals surface area (Å²) >= 11 is 12.2. The molecule has 238 valence electrons. The number of rotatable bonds is 10. The molecule has 44 heavy (non-hydrogen) atoms. The van der Waals surface area contributed by atoms with Crippen LogP contribution in [0, 0.1) is 17.0 Å². The first-order valence-electron chi connectivity index (χ1n) is 13.9. The Bertz CT molecular complexity index is 1490. The molecule has 5 atom stereocenters. The summed E-state index contributed by atoms with van der Waals surface area (Å²) in [5.74, 6) is -5.87. The third-order valence-corrected chi connectivity index (χ3v) is 8.37. The van der Waals surface area contributed by atoms with Crippen LogP contribution < -0.4 is 16.0 Å². The summed E-state index contributed by atoms with van der Waals surface area (Å²) in [6, 6.07) is 4.63. The van der Waals surface area contributed by atoms with Crippen molar-refractivity contribution >= 4 is 52.6 Å². The lowest BCUT2D eigenvalue weighted by Gasteiger charge is -2.37. The summed E-state index contributed by atoms with van der Waals surface area (Å²) in [6.07, 6.45) is -1.72. The van der Waals surface area contributed by atoms with E-state index in [0.717, 1.165) is 6.07 Å². The van der Waals surface area contributed by atoms with Gasteiger partial charge < -0.3 is 30.9 Å². The topological polar surface area (TPSA) is 154 Å². The number of fused-ring (bicyclic) bond motifs is 2. The smallest absolute Gasteiger partial charge is 0.317 e. The normalized spacial score (nSPS) is 23.3. The number of aliphatic hydroxyl groups is 1. The van der Waals surface area contributed by atoms with E-state index < -0.39 is 77.9 Å². The van der Waals surface area contributed by atoms with Crippen molar-refractivity contribution in [1.29, 1.82) is 0 Å². The lowest BCUT2D eigenvalue weighted by molar-refractivity contribution is -0.153. The summed E-state index contributed by atoms with van der Waals surface area (Å²) in [5, 5.41) is 27.3. The first kappa shape index (κ1) is 33.6. The maximum absolute atomic E-state index is 15.0. The zero-order valence-electron chi connectivity index (χ0n) is 24.2. The predicted octanol–water partition coefficient (Wildman–Crippen LogP) is 3.91. The Morgan fingerprint density at radius 2 is 1.80 bits per heavy atom. The highest BCUT2D eigenvalue weighted by Gasteiger charge is 2.66. The van der Waals surface area contributed by atoms with Gasteiger partial charge in [0.25, 0.3) is 0 Å². The van der Waals surface area contributed by atoms with Crippen LogP contribution >= 0.6 is 23.2 Å². The molecule has 2 aromatic rings. The maximum Gasteiger partial charge on any atom is 0.317 e. The monoisotopic (exact) mass is 655 g/mol. The Kier molecular flexibility index (Phi) is 9.89. The Labute approximate surface area is 262 Å². The van der Waals surface area contributed by atoms with Crippen molar-refractivity contribution in [1.82, 2.24) is 10.6 Å². The number of carboxylic acid groups (broad SMARTS) is 1. The molecular formula is C30H33Cl2F2N3O7. The zero-order chi connectivity index (χ0) is 32.6. The fourth-order valence-electron chi connectivity index (χ4n) is 6.06. The number of aliphatic carboxylic acids is 1. The van der Waals surface area contributed by atoms with E-state index in [4.69, 9.17) is 33.0 Å². The molecule has 0 unspecified atom stereocenters. The molecule has 1 saturated heterocycles. The largest absolute Gasteiger partial charge is 0.481 e. The van der Waals surface area contributed by atoms with Crippen molar-refractivity contribution in [2.75, 3.05) is 18.5 Å². The highest BCUT2D eigenvalue weighted by molar-refractivity contribution is 6.31. The summed E-state index contributed by atoms with van der Waals surface area (Å²) in [6.45, 7) is 5.33. The number of halogens is 4. The molecule has 0 aliphatic carbocycles. The minimum atomic E-state index is -1.53. The number of aliphatic hydroxyl groups excluding tert-OH is 1. The second kappa shape index (κ2) is 13.0. The van der Waals surface area contributed by atoms with Gasteiger partial charge in [0, 0.05) is 24.2 Å². The van der Waals surface area contributed by atoms with Crippen LogP contribution in [0.2, 0.25) is 10.0 Å². The molecule has 0 saturated carbocycles. The van der Waals surface area contributed by atoms with Crippen molar-refractivity contribution < 1.29 is 42.9 Å². The predicted molar refractivity (Wildman–Crippen MR) is 157 cm³/mol. The van der Waals surface area contributed by atoms with E-state index >= 15 is 0 Å². The van der Waals surface area contributed by atoms with E-state index in [1.165, 1.54) is 24.3 Å². The van der Waals surface area contributed by atoms with Crippen molar-refractivity contribution in [3.8, 4) is 0 Å². The van der Waals surface area contributed by atoms with Crippen LogP contribution in [0.5, 0.6) is 0 Å². The van der Waals surface area contributed by atoms with Crippen LogP contribution in [0.1, 0.15) is 57.1 Å². The molecule has 14 heteroatoms. The van der Waals surface area contributed by atoms with Crippen molar-refractivity contribution in [2.45, 2.75) is 69.6 Å². The van der Waals surface area contributed by atoms with Crippen molar-refractivity contribution in [2.24, 2.45) is 5.41 Å². The highest BCUT2D eigenvalue weighted by Crippen LogP contribution is 2.57. The van der Waals surface area contributed by atoms with E-state index in [0.29, 0.717) is 23.2 Å². The van der Waals surface area contributed by atoms with Crippen LogP contribution in [0.3, 0.4) is 0 Å². The van der Waals surface area contributed by atoms with Gasteiger partial charge >= 0.3 is 11.9 Å². The minimum Gasteiger partial charge on any atom is -0.481 e. The van der Waals surface area contributed by atoms with E-state index in [2.05, 4.69) is 16.0 Å². The van der Waals surface area contributed by atoms with Crippen LogP contribution in [0.15, 0.2) is 30.3 Å². The molecule has 2 amide bonds. The van der Waals surface area contributed by atoms with Crippen LogP contribution in [-0.2, 0) is 29.3 Å². The number of ether oxygens (including phenoxy) is 1. The Morgan fingerprint density at radius 1 is 1.11 bits per heavy atom. The Balaban J connectivity index is 1.70. The summed E-state index contributed by atoms with van der Waals surface area (Å²) in [4.78, 5) is 50.0. The number of carbonyl (C=O) groups excluding carboxylic acids is 3. The number of esters is 1. The summed E-state index contributed by atoms with van der Waals surface area (Å²) in [7, 11) is 0. The molecule has 0 bridgehead atoms. The van der Waals surface area contributed by atoms with Gasteiger partial charge in [-0.2, -0.15) is 0 Å². The van der Waals surface area contributed by atoms with Crippen LogP contribution in [-0.4, -0.2) is 65.3 Å². The molecular weight excluding hydrogens is 623 g/mol. The first-order valence-corrected chi connectivity index (χ1v) is 14.7. The highest BCUT2D eigenvalue weighted by atomic mass is 35.5. The van der Waals surface area contributed by atoms with Gasteiger partial charge in [0.15, 0.2) is 0 Å². The third kappa shape index (κ3) is 6.83. The van der Waals surface area contributed by atoms with E-state index in [-0.39, 0.29) is 28.4 Å². The van der Waals surface area contributed by atoms with E-state index in [1.54, 1.807) is 0 Å². The SMILES string of the molecule is CC(C)(C)C[C@H]1N[C@@H](C(=O)NCC[C@H](O)COC(=O)CC(=O)O)[C@H](c2ccc(F)c(Cl)c2)[C@@]12C(=O)Nc1cc(Cl)c(F)cc12. The average molecular weight is 657 g/mol. The number of carboxylic acids is 1. The summed E-state index contributed by atoms with van der Waals surface area (Å²) in [5.41, 5.74) is -0.941. The maximum atomic E-state index is 15.0. The lowest BCUT2D eigenvalue weighted by atomic mass is 9.62. The Hall–Kier alpha value is -3.32. The molecule has 2 aliphatic rings. The molecule has 0 aromatic heterocycles. The van der Waals surface area contributed by atoms with Gasteiger partial charge in [-0.1, -0.05) is 50.0 Å². The fraction of sp³-hybridized carbons (Fsp3) is 0.467. The quantitative estimate of drug-likeness (QED) is 0.191. The van der Waals surface area contributed by atoms with Gasteiger partial charge in [0.05, 0.1) is 22.2 Å². The van der Waals surface area contributed by atoms with Gasteiger partial charge in [-0.15, -0.1) is 0 Å². The number of hydrogen-bond donors (Lipinski definition) is 5. The molecule has 2 aliphatic heterocycles. The zero-order valence-corrected chi connectivity index (χ0v) is 25.7. The molecule has 1 fully saturated rings. The average Bonchev–Trinajstić information content (AvgIpc) is 3.38. The fourth-order valence-corrected chi connectivity index (χ4v) is 6.41. The number of amides is 2. The molecule has 5 N–H and O–H groups in total. The minimum absolute atomic E-state index is 0.0462. The molecule has 0 radical (unpaired) electrons. The van der Waals surface area contributed by atoms with Crippen molar-refractivity contribution in [3.05, 3.63) is 63.1 Å².